The second-order valence-corrected chi connectivity index (χ2v) is 7.45. The smallest absolute Gasteiger partial charge is 0.290 e. The second-order valence-electron chi connectivity index (χ2n) is 6.23. The van der Waals surface area contributed by atoms with Gasteiger partial charge in [0.1, 0.15) is 0 Å². The molecule has 0 spiro atoms. The Labute approximate surface area is 163 Å². The van der Waals surface area contributed by atoms with Gasteiger partial charge in [-0.15, -0.1) is 10.2 Å². The van der Waals surface area contributed by atoms with Gasteiger partial charge in [0, 0.05) is 22.2 Å². The summed E-state index contributed by atoms with van der Waals surface area (Å²) in [5.74, 6) is 0.957. The number of rotatable bonds is 5. The molecule has 8 heteroatoms. The van der Waals surface area contributed by atoms with Crippen molar-refractivity contribution < 1.29 is 13.6 Å². The summed E-state index contributed by atoms with van der Waals surface area (Å²) in [5, 5.41) is 8.80. The van der Waals surface area contributed by atoms with E-state index < -0.39 is 0 Å². The van der Waals surface area contributed by atoms with Crippen molar-refractivity contribution in [2.45, 2.75) is 32.4 Å². The molecule has 4 rings (SSSR count). The molecular formula is C18H15BrClN3O3. The molecule has 1 aromatic carbocycles. The number of aromatic nitrogens is 2. The van der Waals surface area contributed by atoms with E-state index in [1.54, 1.807) is 23.1 Å². The summed E-state index contributed by atoms with van der Waals surface area (Å²) in [6, 6.07) is 9.11. The summed E-state index contributed by atoms with van der Waals surface area (Å²) in [7, 11) is 0. The Morgan fingerprint density at radius 2 is 2.00 bits per heavy atom. The van der Waals surface area contributed by atoms with E-state index in [9.17, 15) is 4.79 Å². The maximum Gasteiger partial charge on any atom is 0.290 e. The molecule has 0 bridgehead atoms. The van der Waals surface area contributed by atoms with Gasteiger partial charge in [-0.3, -0.25) is 4.79 Å². The molecule has 134 valence electrons. The number of hydrogen-bond donors (Lipinski definition) is 0. The molecule has 1 saturated carbocycles. The van der Waals surface area contributed by atoms with Crippen molar-refractivity contribution in [2.24, 2.45) is 0 Å². The van der Waals surface area contributed by atoms with E-state index >= 15 is 0 Å². The fourth-order valence-corrected chi connectivity index (χ4v) is 3.34. The van der Waals surface area contributed by atoms with Crippen molar-refractivity contribution in [3.8, 4) is 11.5 Å². The number of carbonyl (C=O) groups is 1. The normalized spacial score (nSPS) is 13.8. The van der Waals surface area contributed by atoms with Crippen LogP contribution in [0, 0.1) is 6.92 Å². The van der Waals surface area contributed by atoms with Crippen molar-refractivity contribution in [1.29, 1.82) is 0 Å². The van der Waals surface area contributed by atoms with Gasteiger partial charge in [-0.2, -0.15) is 0 Å². The number of nitrogens with zero attached hydrogens (tertiary/aromatic N) is 3. The molecule has 0 unspecified atom stereocenters. The van der Waals surface area contributed by atoms with Crippen LogP contribution in [0.3, 0.4) is 0 Å². The Hall–Kier alpha value is -2.12. The number of benzene rings is 1. The molecule has 6 nitrogen and oxygen atoms in total. The summed E-state index contributed by atoms with van der Waals surface area (Å²) in [6.45, 7) is 2.10. The Balaban J connectivity index is 1.55. The van der Waals surface area contributed by atoms with Gasteiger partial charge in [-0.25, -0.2) is 0 Å². The molecule has 2 aromatic heterocycles. The molecule has 26 heavy (non-hydrogen) atoms. The Morgan fingerprint density at radius 1 is 1.27 bits per heavy atom. The van der Waals surface area contributed by atoms with Crippen LogP contribution in [0.15, 0.2) is 43.8 Å². The zero-order chi connectivity index (χ0) is 18.3. The summed E-state index contributed by atoms with van der Waals surface area (Å²) >= 11 is 9.17. The molecule has 1 amide bonds. The Bertz CT molecular complexity index is 947. The van der Waals surface area contributed by atoms with E-state index in [-0.39, 0.29) is 18.5 Å². The minimum absolute atomic E-state index is 0.165. The third-order valence-corrected chi connectivity index (χ3v) is 4.84. The van der Waals surface area contributed by atoms with E-state index in [1.165, 1.54) is 0 Å². The van der Waals surface area contributed by atoms with Gasteiger partial charge >= 0.3 is 0 Å². The monoisotopic (exact) mass is 435 g/mol. The highest BCUT2D eigenvalue weighted by atomic mass is 79.9. The van der Waals surface area contributed by atoms with Crippen LogP contribution in [0.5, 0.6) is 0 Å². The highest BCUT2D eigenvalue weighted by molar-refractivity contribution is 9.10. The molecular weight excluding hydrogens is 422 g/mol. The topological polar surface area (TPSA) is 72.4 Å². The highest BCUT2D eigenvalue weighted by Crippen LogP contribution is 2.32. The maximum atomic E-state index is 12.9. The van der Waals surface area contributed by atoms with Crippen molar-refractivity contribution >= 4 is 33.4 Å². The first-order valence-corrected chi connectivity index (χ1v) is 9.33. The van der Waals surface area contributed by atoms with E-state index in [2.05, 4.69) is 26.1 Å². The first-order chi connectivity index (χ1) is 12.5. The second kappa shape index (κ2) is 6.89. The Morgan fingerprint density at radius 3 is 2.62 bits per heavy atom. The van der Waals surface area contributed by atoms with Crippen LogP contribution < -0.4 is 0 Å². The summed E-state index contributed by atoms with van der Waals surface area (Å²) in [6.07, 6.45) is 1.93. The molecule has 3 aromatic rings. The highest BCUT2D eigenvalue weighted by Gasteiger charge is 2.36. The number of amides is 1. The number of aryl methyl sites for hydroxylation is 1. The zero-order valence-electron chi connectivity index (χ0n) is 13.9. The SMILES string of the molecule is Cc1cc(Br)oc1C(=O)N(Cc1nnc(-c2ccc(Cl)cc2)o1)C1CC1. The lowest BCUT2D eigenvalue weighted by atomic mass is 10.2. The minimum Gasteiger partial charge on any atom is -0.444 e. The lowest BCUT2D eigenvalue weighted by molar-refractivity contribution is 0.0679. The third kappa shape index (κ3) is 3.54. The van der Waals surface area contributed by atoms with Crippen molar-refractivity contribution in [2.75, 3.05) is 0 Å². The van der Waals surface area contributed by atoms with Crippen molar-refractivity contribution in [3.63, 3.8) is 0 Å². The van der Waals surface area contributed by atoms with Gasteiger partial charge < -0.3 is 13.7 Å². The van der Waals surface area contributed by atoms with E-state index in [1.807, 2.05) is 19.1 Å². The van der Waals surface area contributed by atoms with Gasteiger partial charge in [0.25, 0.3) is 5.91 Å². The number of hydrogen-bond acceptors (Lipinski definition) is 5. The lowest BCUT2D eigenvalue weighted by Gasteiger charge is -2.19. The van der Waals surface area contributed by atoms with Crippen LogP contribution in [0.1, 0.15) is 34.9 Å². The fourth-order valence-electron chi connectivity index (χ4n) is 2.71. The van der Waals surface area contributed by atoms with Crippen LogP contribution >= 0.6 is 27.5 Å². The molecule has 0 saturated heterocycles. The molecule has 2 heterocycles. The lowest BCUT2D eigenvalue weighted by Crippen LogP contribution is -2.32. The van der Waals surface area contributed by atoms with Crippen LogP contribution in [0.25, 0.3) is 11.5 Å². The van der Waals surface area contributed by atoms with Gasteiger partial charge in [0.05, 0.1) is 6.54 Å². The summed E-state index contributed by atoms with van der Waals surface area (Å²) in [4.78, 5) is 14.6. The predicted molar refractivity (Wildman–Crippen MR) is 98.8 cm³/mol. The number of carbonyl (C=O) groups excluding carboxylic acids is 1. The molecule has 0 atom stereocenters. The predicted octanol–water partition coefficient (Wildman–Crippen LogP) is 4.86. The van der Waals surface area contributed by atoms with Crippen LogP contribution in [0.4, 0.5) is 0 Å². The first kappa shape index (κ1) is 17.3. The van der Waals surface area contributed by atoms with Gasteiger partial charge in [0.15, 0.2) is 10.4 Å². The largest absolute Gasteiger partial charge is 0.444 e. The van der Waals surface area contributed by atoms with Crippen LogP contribution in [0.2, 0.25) is 5.02 Å². The van der Waals surface area contributed by atoms with Crippen LogP contribution in [-0.4, -0.2) is 27.0 Å². The number of halogens is 2. The van der Waals surface area contributed by atoms with Gasteiger partial charge in [0.2, 0.25) is 11.8 Å². The number of furan rings is 1. The quantitative estimate of drug-likeness (QED) is 0.571. The molecule has 1 aliphatic carbocycles. The van der Waals surface area contributed by atoms with Crippen molar-refractivity contribution in [1.82, 2.24) is 15.1 Å². The molecule has 1 fully saturated rings. The van der Waals surface area contributed by atoms with Crippen molar-refractivity contribution in [3.05, 3.63) is 57.2 Å². The van der Waals surface area contributed by atoms with E-state index in [4.69, 9.17) is 20.4 Å². The summed E-state index contributed by atoms with van der Waals surface area (Å²) in [5.41, 5.74) is 1.57. The molecule has 1 aliphatic rings. The first-order valence-electron chi connectivity index (χ1n) is 8.16. The molecule has 0 radical (unpaired) electrons. The zero-order valence-corrected chi connectivity index (χ0v) is 16.2. The summed E-state index contributed by atoms with van der Waals surface area (Å²) < 4.78 is 11.8. The Kier molecular flexibility index (Phi) is 4.58. The van der Waals surface area contributed by atoms with E-state index in [0.29, 0.717) is 27.2 Å². The fraction of sp³-hybridized carbons (Fsp3) is 0.278. The van der Waals surface area contributed by atoms with Gasteiger partial charge in [-0.1, -0.05) is 11.6 Å². The average molecular weight is 437 g/mol. The van der Waals surface area contributed by atoms with E-state index in [0.717, 1.165) is 24.0 Å². The maximum absolute atomic E-state index is 12.9. The minimum atomic E-state index is -0.165. The third-order valence-electron chi connectivity index (χ3n) is 4.19. The molecule has 0 N–H and O–H groups in total. The van der Waals surface area contributed by atoms with Gasteiger partial charge in [-0.05, 0) is 66.0 Å². The standard InChI is InChI=1S/C18H15BrClN3O3/c1-10-8-14(19)25-16(10)18(24)23(13-6-7-13)9-15-21-22-17(26-15)11-2-4-12(20)5-3-11/h2-5,8,13H,6-7,9H2,1H3. The van der Waals surface area contributed by atoms with Crippen LogP contribution in [-0.2, 0) is 6.54 Å². The average Bonchev–Trinajstić information content (AvgIpc) is 3.25. The molecule has 0 aliphatic heterocycles.